The molecular weight excluding hydrogens is 657 g/mol. The van der Waals surface area contributed by atoms with Crippen LogP contribution >= 0.6 is 23.2 Å². The van der Waals surface area contributed by atoms with E-state index in [-0.39, 0.29) is 11.9 Å². The molecule has 4 aromatic heterocycles. The molecule has 1 aliphatic heterocycles. The monoisotopic (exact) mass is 693 g/mol. The van der Waals surface area contributed by atoms with Crippen molar-refractivity contribution in [3.63, 3.8) is 0 Å². The van der Waals surface area contributed by atoms with Crippen LogP contribution in [-0.2, 0) is 20.5 Å². The van der Waals surface area contributed by atoms with Gasteiger partial charge in [0.15, 0.2) is 0 Å². The molecule has 49 heavy (non-hydrogen) atoms. The van der Waals surface area contributed by atoms with Crippen molar-refractivity contribution in [2.75, 3.05) is 18.1 Å². The van der Waals surface area contributed by atoms with Crippen molar-refractivity contribution in [1.82, 2.24) is 23.9 Å². The average molecular weight is 695 g/mol. The lowest BCUT2D eigenvalue weighted by atomic mass is 9.98. The van der Waals surface area contributed by atoms with Gasteiger partial charge in [-0.25, -0.2) is 4.98 Å². The normalized spacial score (nSPS) is 14.6. The topological polar surface area (TPSA) is 93.9 Å². The Bertz CT molecular complexity index is 2350. The Morgan fingerprint density at radius 1 is 1.04 bits per heavy atom. The fourth-order valence-electron chi connectivity index (χ4n) is 7.44. The van der Waals surface area contributed by atoms with Crippen molar-refractivity contribution in [2.45, 2.75) is 53.5 Å². The van der Waals surface area contributed by atoms with Gasteiger partial charge < -0.3 is 18.8 Å². The Labute approximate surface area is 295 Å². The maximum atomic E-state index is 14.9. The molecule has 0 saturated carbocycles. The van der Waals surface area contributed by atoms with E-state index in [4.69, 9.17) is 33.0 Å². The van der Waals surface area contributed by atoms with Crippen LogP contribution in [0, 0.1) is 39.0 Å². The van der Waals surface area contributed by atoms with E-state index in [0.29, 0.717) is 53.6 Å². The Morgan fingerprint density at radius 2 is 1.78 bits per heavy atom. The number of carbonyl (C=O) groups is 1. The first-order valence-corrected chi connectivity index (χ1v) is 17.1. The number of hydrogen-bond acceptors (Lipinski definition) is 5. The van der Waals surface area contributed by atoms with E-state index in [1.54, 1.807) is 6.07 Å². The number of halogens is 2. The zero-order valence-corrected chi connectivity index (χ0v) is 30.2. The van der Waals surface area contributed by atoms with Crippen LogP contribution in [0.4, 0.5) is 5.69 Å². The third kappa shape index (κ3) is 5.25. The largest absolute Gasteiger partial charge is 0.494 e. The second-order valence-electron chi connectivity index (χ2n) is 13.1. The van der Waals surface area contributed by atoms with Crippen LogP contribution in [0.1, 0.15) is 63.6 Å². The maximum absolute atomic E-state index is 14.9. The van der Waals surface area contributed by atoms with E-state index in [1.807, 2.05) is 92.5 Å². The predicted molar refractivity (Wildman–Crippen MR) is 195 cm³/mol. The zero-order valence-electron chi connectivity index (χ0n) is 28.7. The molecule has 0 N–H and O–H groups in total. The standard InChI is InChI=1S/C38H37Cl2N7O2/c1-20-15-26(16-21(2)34(20)40)49-14-8-9-27-28-11-12-29(39)33(32-23(4)43-45(7)24(32)5)36(28)47-22(3)18-46(38(48)37(27)47)31-19-44(6)30-13-10-25(17-41)42-35(30)31/h10-13,15-16,19,22H,8-9,14,18H2,1-7H3. The van der Waals surface area contributed by atoms with Crippen molar-refractivity contribution in [3.8, 4) is 22.9 Å². The van der Waals surface area contributed by atoms with E-state index >= 15 is 0 Å². The van der Waals surface area contributed by atoms with Crippen LogP contribution in [0.3, 0.4) is 0 Å². The van der Waals surface area contributed by atoms with Gasteiger partial charge in [0.25, 0.3) is 5.91 Å². The van der Waals surface area contributed by atoms with Gasteiger partial charge in [0.2, 0.25) is 0 Å². The fraction of sp³-hybridized carbons (Fsp3) is 0.316. The lowest BCUT2D eigenvalue weighted by molar-refractivity contribution is 0.0957. The third-order valence-electron chi connectivity index (χ3n) is 9.78. The molecule has 0 spiro atoms. The minimum absolute atomic E-state index is 0.107. The van der Waals surface area contributed by atoms with Crippen LogP contribution in [0.25, 0.3) is 33.1 Å². The highest BCUT2D eigenvalue weighted by Gasteiger charge is 2.38. The van der Waals surface area contributed by atoms with Gasteiger partial charge in [-0.1, -0.05) is 29.3 Å². The smallest absolute Gasteiger partial charge is 0.275 e. The summed E-state index contributed by atoms with van der Waals surface area (Å²) >= 11 is 13.5. The quantitative estimate of drug-likeness (QED) is 0.156. The third-order valence-corrected chi connectivity index (χ3v) is 10.7. The zero-order chi connectivity index (χ0) is 34.9. The summed E-state index contributed by atoms with van der Waals surface area (Å²) in [7, 11) is 3.86. The molecule has 0 fully saturated rings. The van der Waals surface area contributed by atoms with Crippen molar-refractivity contribution in [2.24, 2.45) is 14.1 Å². The Balaban J connectivity index is 1.38. The van der Waals surface area contributed by atoms with Crippen LogP contribution in [0.2, 0.25) is 10.0 Å². The minimum Gasteiger partial charge on any atom is -0.494 e. The summed E-state index contributed by atoms with van der Waals surface area (Å²) in [5.41, 5.74) is 10.7. The van der Waals surface area contributed by atoms with Gasteiger partial charge in [0.05, 0.1) is 34.0 Å². The number of pyridine rings is 1. The summed E-state index contributed by atoms with van der Waals surface area (Å²) in [5.74, 6) is 0.656. The lowest BCUT2D eigenvalue weighted by Gasteiger charge is -2.34. The van der Waals surface area contributed by atoms with E-state index in [9.17, 15) is 10.1 Å². The lowest BCUT2D eigenvalue weighted by Crippen LogP contribution is -2.42. The minimum atomic E-state index is -0.118. The summed E-state index contributed by atoms with van der Waals surface area (Å²) in [6, 6.07) is 13.5. The Hall–Kier alpha value is -4.78. The first-order valence-electron chi connectivity index (χ1n) is 16.3. The van der Waals surface area contributed by atoms with Crippen LogP contribution < -0.4 is 9.64 Å². The number of benzene rings is 2. The summed E-state index contributed by atoms with van der Waals surface area (Å²) in [4.78, 5) is 21.3. The van der Waals surface area contributed by atoms with Crippen molar-refractivity contribution in [3.05, 3.63) is 92.1 Å². The van der Waals surface area contributed by atoms with Gasteiger partial charge in [0, 0.05) is 60.1 Å². The van der Waals surface area contributed by atoms with Gasteiger partial charge in [-0.15, -0.1) is 0 Å². The highest BCUT2D eigenvalue weighted by atomic mass is 35.5. The molecule has 0 saturated heterocycles. The molecule has 2 aromatic carbocycles. The fourth-order valence-corrected chi connectivity index (χ4v) is 7.79. The number of nitriles is 1. The SMILES string of the molecule is Cc1cc(OCCCc2c3n(c4c(-c5c(C)nn(C)c5C)c(Cl)ccc24)C(C)CN(c2cn(C)c4ccc(C#N)nc24)C3=O)cc(C)c1Cl. The van der Waals surface area contributed by atoms with Crippen molar-refractivity contribution >= 4 is 56.7 Å². The number of rotatable bonds is 7. The predicted octanol–water partition coefficient (Wildman–Crippen LogP) is 8.57. The molecule has 1 amide bonds. The van der Waals surface area contributed by atoms with Crippen LogP contribution in [-0.4, -0.2) is 43.0 Å². The molecule has 1 aliphatic rings. The Morgan fingerprint density at radius 3 is 2.45 bits per heavy atom. The number of hydrogen-bond donors (Lipinski definition) is 0. The van der Waals surface area contributed by atoms with Crippen molar-refractivity contribution < 1.29 is 9.53 Å². The molecule has 0 bridgehead atoms. The van der Waals surface area contributed by atoms with Gasteiger partial charge in [-0.3, -0.25) is 9.48 Å². The number of aryl methyl sites for hydroxylation is 6. The summed E-state index contributed by atoms with van der Waals surface area (Å²) < 4.78 is 12.2. The van der Waals surface area contributed by atoms with Gasteiger partial charge >= 0.3 is 0 Å². The molecule has 1 unspecified atom stereocenters. The number of aromatic nitrogens is 5. The molecule has 0 radical (unpaired) electrons. The molecule has 6 aromatic rings. The summed E-state index contributed by atoms with van der Waals surface area (Å²) in [6.45, 7) is 11.0. The number of anilines is 1. The summed E-state index contributed by atoms with van der Waals surface area (Å²) in [6.07, 6.45) is 3.21. The molecule has 9 nitrogen and oxygen atoms in total. The van der Waals surface area contributed by atoms with Gasteiger partial charge in [0.1, 0.15) is 28.7 Å². The molecule has 5 heterocycles. The molecule has 1 atom stereocenters. The number of carbonyl (C=O) groups excluding carboxylic acids is 1. The number of ether oxygens (including phenoxy) is 1. The second kappa shape index (κ2) is 12.3. The van der Waals surface area contributed by atoms with E-state index < -0.39 is 0 Å². The first-order chi connectivity index (χ1) is 23.4. The number of nitrogens with zero attached hydrogens (tertiary/aromatic N) is 7. The van der Waals surface area contributed by atoms with E-state index in [2.05, 4.69) is 22.5 Å². The van der Waals surface area contributed by atoms with Gasteiger partial charge in [-0.2, -0.15) is 10.4 Å². The first kappa shape index (κ1) is 32.8. The maximum Gasteiger partial charge on any atom is 0.275 e. The Kier molecular flexibility index (Phi) is 8.21. The summed E-state index contributed by atoms with van der Waals surface area (Å²) in [5, 5.41) is 16.7. The van der Waals surface area contributed by atoms with Crippen LogP contribution in [0.5, 0.6) is 5.75 Å². The molecule has 250 valence electrons. The highest BCUT2D eigenvalue weighted by Crippen LogP contribution is 2.45. The van der Waals surface area contributed by atoms with E-state index in [0.717, 1.165) is 66.4 Å². The average Bonchev–Trinajstić information content (AvgIpc) is 3.67. The highest BCUT2D eigenvalue weighted by molar-refractivity contribution is 6.35. The van der Waals surface area contributed by atoms with Crippen LogP contribution in [0.15, 0.2) is 42.6 Å². The second-order valence-corrected chi connectivity index (χ2v) is 13.9. The van der Waals surface area contributed by atoms with E-state index in [1.165, 1.54) is 0 Å². The number of fused-ring (bicyclic) bond motifs is 4. The molecular formula is C38H37Cl2N7O2. The van der Waals surface area contributed by atoms with Gasteiger partial charge in [-0.05, 0) is 94.5 Å². The molecule has 0 aliphatic carbocycles. The van der Waals surface area contributed by atoms with Crippen molar-refractivity contribution in [1.29, 1.82) is 5.26 Å². The molecule has 11 heteroatoms. The number of amides is 1. The molecule has 7 rings (SSSR count).